The normalized spacial score (nSPS) is 9.27. The molecule has 0 radical (unpaired) electrons. The van der Waals surface area contributed by atoms with Crippen molar-refractivity contribution in [2.24, 2.45) is 7.05 Å². The Bertz CT molecular complexity index is 255. The average molecular weight is 154 g/mol. The number of rotatable bonds is 2. The van der Waals surface area contributed by atoms with Crippen molar-refractivity contribution in [3.8, 4) is 0 Å². The maximum absolute atomic E-state index is 10.4. The van der Waals surface area contributed by atoms with Gasteiger partial charge in [0.15, 0.2) is 5.82 Å². The van der Waals surface area contributed by atoms with Crippen LogP contribution < -0.4 is 10.9 Å². The van der Waals surface area contributed by atoms with Crippen LogP contribution in [-0.4, -0.2) is 15.7 Å². The van der Waals surface area contributed by atoms with Crippen LogP contribution in [0, 0.1) is 0 Å². The predicted molar refractivity (Wildman–Crippen MR) is 40.6 cm³/mol. The van der Waals surface area contributed by atoms with E-state index in [-0.39, 0.29) is 5.91 Å². The van der Waals surface area contributed by atoms with E-state index in [9.17, 15) is 4.79 Å². The van der Waals surface area contributed by atoms with E-state index >= 15 is 0 Å². The van der Waals surface area contributed by atoms with Crippen molar-refractivity contribution < 1.29 is 4.79 Å². The lowest BCUT2D eigenvalue weighted by Gasteiger charge is -2.00. The summed E-state index contributed by atoms with van der Waals surface area (Å²) in [5, 5.41) is 3.97. The Morgan fingerprint density at radius 3 is 2.91 bits per heavy atom. The summed E-state index contributed by atoms with van der Waals surface area (Å²) in [4.78, 5) is 10.4. The first-order valence-corrected chi connectivity index (χ1v) is 3.21. The second-order valence-electron chi connectivity index (χ2n) is 2.18. The molecule has 0 aliphatic rings. The number of carbonyl (C=O) groups is 1. The molecule has 0 bridgehead atoms. The molecule has 0 unspecified atom stereocenters. The Morgan fingerprint density at radius 2 is 2.45 bits per heavy atom. The van der Waals surface area contributed by atoms with E-state index < -0.39 is 0 Å². The lowest BCUT2D eigenvalue weighted by Crippen LogP contribution is -2.26. The van der Waals surface area contributed by atoms with Gasteiger partial charge in [-0.1, -0.05) is 0 Å². The Hall–Kier alpha value is -1.52. The van der Waals surface area contributed by atoms with Crippen LogP contribution in [0.3, 0.4) is 0 Å². The zero-order valence-electron chi connectivity index (χ0n) is 6.46. The number of anilines is 1. The number of amides is 1. The fourth-order valence-electron chi connectivity index (χ4n) is 0.634. The van der Waals surface area contributed by atoms with E-state index in [1.807, 2.05) is 0 Å². The molecule has 2 N–H and O–H groups in total. The summed E-state index contributed by atoms with van der Waals surface area (Å²) in [6, 6.07) is 1.76. The number of hydrogen-bond acceptors (Lipinski definition) is 3. The minimum atomic E-state index is -0.143. The van der Waals surface area contributed by atoms with Gasteiger partial charge in [0.25, 0.3) is 0 Å². The maximum atomic E-state index is 10.4. The summed E-state index contributed by atoms with van der Waals surface area (Å²) < 4.78 is 1.64. The van der Waals surface area contributed by atoms with Gasteiger partial charge >= 0.3 is 0 Å². The lowest BCUT2D eigenvalue weighted by atomic mass is 10.6. The molecule has 0 atom stereocenters. The second-order valence-corrected chi connectivity index (χ2v) is 2.18. The molecule has 0 spiro atoms. The molecule has 0 aliphatic heterocycles. The topological polar surface area (TPSA) is 59.0 Å². The standard InChI is InChI=1S/C6H10N4O/c1-5(11)7-8-6-3-4-10(2)9-6/h3-4H,1-2H3,(H,7,11)(H,8,9). The van der Waals surface area contributed by atoms with Crippen molar-refractivity contribution in [3.63, 3.8) is 0 Å². The molecule has 1 heterocycles. The van der Waals surface area contributed by atoms with Crippen LogP contribution in [0.15, 0.2) is 12.3 Å². The van der Waals surface area contributed by atoms with E-state index in [1.54, 1.807) is 24.0 Å². The van der Waals surface area contributed by atoms with Crippen LogP contribution in [0.5, 0.6) is 0 Å². The summed E-state index contributed by atoms with van der Waals surface area (Å²) in [5.74, 6) is 0.485. The molecule has 0 saturated carbocycles. The number of hydrazine groups is 1. The first-order valence-electron chi connectivity index (χ1n) is 3.21. The number of aryl methyl sites for hydroxylation is 1. The maximum Gasteiger partial charge on any atom is 0.235 e. The van der Waals surface area contributed by atoms with Crippen LogP contribution in [0.25, 0.3) is 0 Å². The number of aromatic nitrogens is 2. The van der Waals surface area contributed by atoms with E-state index in [0.29, 0.717) is 5.82 Å². The monoisotopic (exact) mass is 154 g/mol. The van der Waals surface area contributed by atoms with Gasteiger partial charge in [-0.2, -0.15) is 5.10 Å². The molecule has 0 saturated heterocycles. The van der Waals surface area contributed by atoms with Crippen molar-refractivity contribution in [1.29, 1.82) is 0 Å². The summed E-state index contributed by atoms with van der Waals surface area (Å²) in [7, 11) is 1.80. The fraction of sp³-hybridized carbons (Fsp3) is 0.333. The van der Waals surface area contributed by atoms with E-state index in [4.69, 9.17) is 0 Å². The average Bonchev–Trinajstić information content (AvgIpc) is 2.31. The molecule has 0 aromatic carbocycles. The van der Waals surface area contributed by atoms with Gasteiger partial charge in [-0.3, -0.25) is 20.3 Å². The third-order valence-corrected chi connectivity index (χ3v) is 1.08. The highest BCUT2D eigenvalue weighted by Crippen LogP contribution is 1.97. The minimum Gasteiger partial charge on any atom is -0.280 e. The fourth-order valence-corrected chi connectivity index (χ4v) is 0.634. The molecular formula is C6H10N4O. The van der Waals surface area contributed by atoms with Crippen LogP contribution in [-0.2, 0) is 11.8 Å². The molecule has 1 rings (SSSR count). The lowest BCUT2D eigenvalue weighted by molar-refractivity contribution is -0.118. The van der Waals surface area contributed by atoms with Gasteiger partial charge in [-0.15, -0.1) is 0 Å². The van der Waals surface area contributed by atoms with Crippen molar-refractivity contribution in [1.82, 2.24) is 15.2 Å². The molecule has 11 heavy (non-hydrogen) atoms. The molecule has 60 valence electrons. The number of carbonyl (C=O) groups excluding carboxylic acids is 1. The third kappa shape index (κ3) is 2.29. The molecular weight excluding hydrogens is 144 g/mol. The third-order valence-electron chi connectivity index (χ3n) is 1.08. The Kier molecular flexibility index (Phi) is 2.10. The van der Waals surface area contributed by atoms with Crippen molar-refractivity contribution in [3.05, 3.63) is 12.3 Å². The number of nitrogens with one attached hydrogen (secondary N) is 2. The van der Waals surface area contributed by atoms with Crippen LogP contribution in [0.2, 0.25) is 0 Å². The summed E-state index contributed by atoms with van der Waals surface area (Å²) in [5.41, 5.74) is 5.04. The number of hydrogen-bond donors (Lipinski definition) is 2. The van der Waals surface area contributed by atoms with Gasteiger partial charge in [-0.05, 0) is 0 Å². The van der Waals surface area contributed by atoms with Crippen LogP contribution >= 0.6 is 0 Å². The van der Waals surface area contributed by atoms with Crippen molar-refractivity contribution >= 4 is 11.7 Å². The van der Waals surface area contributed by atoms with Crippen LogP contribution in [0.1, 0.15) is 6.92 Å². The molecule has 5 nitrogen and oxygen atoms in total. The molecule has 1 aromatic rings. The zero-order valence-corrected chi connectivity index (χ0v) is 6.46. The van der Waals surface area contributed by atoms with Gasteiger partial charge in [0.1, 0.15) is 0 Å². The Labute approximate surface area is 64.4 Å². The Morgan fingerprint density at radius 1 is 1.73 bits per heavy atom. The molecule has 5 heteroatoms. The highest BCUT2D eigenvalue weighted by molar-refractivity contribution is 5.74. The molecule has 0 aliphatic carbocycles. The van der Waals surface area contributed by atoms with Gasteiger partial charge in [0, 0.05) is 26.2 Å². The summed E-state index contributed by atoms with van der Waals surface area (Å²) >= 11 is 0. The molecule has 1 aromatic heterocycles. The highest BCUT2D eigenvalue weighted by atomic mass is 16.2. The van der Waals surface area contributed by atoms with E-state index in [1.165, 1.54) is 6.92 Å². The summed E-state index contributed by atoms with van der Waals surface area (Å²) in [6.07, 6.45) is 1.78. The number of nitrogens with zero attached hydrogens (tertiary/aromatic N) is 2. The van der Waals surface area contributed by atoms with Gasteiger partial charge in [-0.25, -0.2) is 0 Å². The largest absolute Gasteiger partial charge is 0.280 e. The first kappa shape index (κ1) is 7.59. The van der Waals surface area contributed by atoms with Gasteiger partial charge in [0.2, 0.25) is 5.91 Å². The Balaban J connectivity index is 2.45. The van der Waals surface area contributed by atoms with E-state index in [2.05, 4.69) is 16.0 Å². The molecule has 1 amide bonds. The highest BCUT2D eigenvalue weighted by Gasteiger charge is 1.94. The van der Waals surface area contributed by atoms with E-state index in [0.717, 1.165) is 0 Å². The SMILES string of the molecule is CC(=O)NNc1ccn(C)n1. The van der Waals surface area contributed by atoms with Crippen LogP contribution in [0.4, 0.5) is 5.82 Å². The second kappa shape index (κ2) is 3.05. The van der Waals surface area contributed by atoms with Crippen molar-refractivity contribution in [2.75, 3.05) is 5.43 Å². The van der Waals surface area contributed by atoms with Gasteiger partial charge < -0.3 is 0 Å². The minimum absolute atomic E-state index is 0.143. The van der Waals surface area contributed by atoms with Gasteiger partial charge in [0.05, 0.1) is 0 Å². The summed E-state index contributed by atoms with van der Waals surface area (Å²) in [6.45, 7) is 1.43. The quantitative estimate of drug-likeness (QED) is 0.584. The van der Waals surface area contributed by atoms with Crippen molar-refractivity contribution in [2.45, 2.75) is 6.92 Å². The molecule has 0 fully saturated rings. The predicted octanol–water partition coefficient (Wildman–Crippen LogP) is -0.117. The first-order chi connectivity index (χ1) is 5.18. The smallest absolute Gasteiger partial charge is 0.235 e. The zero-order chi connectivity index (χ0) is 8.27.